The van der Waals surface area contributed by atoms with Gasteiger partial charge in [0.1, 0.15) is 6.04 Å². The fraction of sp³-hybridized carbons (Fsp3) is 0.462. The van der Waals surface area contributed by atoms with Crippen molar-refractivity contribution < 1.29 is 23.1 Å². The Morgan fingerprint density at radius 3 is 2.62 bits per heavy atom. The molecule has 0 heterocycles. The summed E-state index contributed by atoms with van der Waals surface area (Å²) < 4.78 is 37.6. The van der Waals surface area contributed by atoms with E-state index in [4.69, 9.17) is 10.8 Å². The first kappa shape index (κ1) is 18.2. The fourth-order valence-corrected chi connectivity index (χ4v) is 3.47. The molecule has 1 aromatic rings. The SMILES string of the molecule is NC(CCSCCSc1cccc(C(F)(F)F)c1)C(=O)O. The highest BCUT2D eigenvalue weighted by Crippen LogP contribution is 2.32. The third-order valence-electron chi connectivity index (χ3n) is 2.55. The van der Waals surface area contributed by atoms with Crippen LogP contribution in [-0.2, 0) is 11.0 Å². The van der Waals surface area contributed by atoms with Crippen LogP contribution in [0.3, 0.4) is 0 Å². The third kappa shape index (κ3) is 7.10. The second-order valence-corrected chi connectivity index (χ2v) is 6.61. The zero-order valence-electron chi connectivity index (χ0n) is 11.1. The van der Waals surface area contributed by atoms with Crippen LogP contribution in [0.25, 0.3) is 0 Å². The molecule has 1 atom stereocenters. The number of rotatable bonds is 8. The quantitative estimate of drug-likeness (QED) is 0.562. The van der Waals surface area contributed by atoms with E-state index in [1.165, 1.54) is 17.8 Å². The minimum Gasteiger partial charge on any atom is -0.480 e. The van der Waals surface area contributed by atoms with E-state index in [-0.39, 0.29) is 0 Å². The number of alkyl halides is 3. The van der Waals surface area contributed by atoms with Crippen molar-refractivity contribution in [2.24, 2.45) is 5.73 Å². The average molecular weight is 339 g/mol. The molecule has 1 aromatic carbocycles. The highest BCUT2D eigenvalue weighted by molar-refractivity contribution is 8.02. The van der Waals surface area contributed by atoms with Crippen molar-refractivity contribution in [3.63, 3.8) is 0 Å². The Balaban J connectivity index is 2.26. The molecular formula is C13H16F3NO2S2. The molecule has 0 bridgehead atoms. The number of hydrogen-bond donors (Lipinski definition) is 2. The number of benzene rings is 1. The number of carboxylic acid groups (broad SMARTS) is 1. The average Bonchev–Trinajstić information content (AvgIpc) is 2.41. The monoisotopic (exact) mass is 339 g/mol. The van der Waals surface area contributed by atoms with Gasteiger partial charge in [-0.3, -0.25) is 4.79 Å². The van der Waals surface area contributed by atoms with Gasteiger partial charge < -0.3 is 10.8 Å². The Labute approximate surface area is 129 Å². The maximum atomic E-state index is 12.5. The number of halogens is 3. The van der Waals surface area contributed by atoms with Gasteiger partial charge in [0.15, 0.2) is 0 Å². The number of aliphatic carboxylic acids is 1. The number of nitrogens with two attached hydrogens (primary N) is 1. The van der Waals surface area contributed by atoms with Crippen molar-refractivity contribution in [1.82, 2.24) is 0 Å². The highest BCUT2D eigenvalue weighted by Gasteiger charge is 2.30. The Morgan fingerprint density at radius 2 is 2.00 bits per heavy atom. The van der Waals surface area contributed by atoms with Crippen LogP contribution in [0.1, 0.15) is 12.0 Å². The molecule has 0 aliphatic carbocycles. The largest absolute Gasteiger partial charge is 0.480 e. The Bertz CT molecular complexity index is 469. The lowest BCUT2D eigenvalue weighted by atomic mass is 10.2. The van der Waals surface area contributed by atoms with Crippen LogP contribution in [0.15, 0.2) is 29.2 Å². The van der Waals surface area contributed by atoms with Gasteiger partial charge >= 0.3 is 12.1 Å². The van der Waals surface area contributed by atoms with Gasteiger partial charge in [-0.25, -0.2) is 0 Å². The molecule has 3 N–H and O–H groups in total. The summed E-state index contributed by atoms with van der Waals surface area (Å²) >= 11 is 2.89. The molecule has 0 saturated heterocycles. The van der Waals surface area contributed by atoms with E-state index in [1.54, 1.807) is 17.8 Å². The predicted octanol–water partition coefficient (Wildman–Crippen LogP) is 3.33. The summed E-state index contributed by atoms with van der Waals surface area (Å²) in [5.74, 6) is 0.993. The molecule has 0 saturated carbocycles. The Kier molecular flexibility index (Phi) is 7.41. The number of hydrogen-bond acceptors (Lipinski definition) is 4. The van der Waals surface area contributed by atoms with Gasteiger partial charge in [0.25, 0.3) is 0 Å². The van der Waals surface area contributed by atoms with Crippen molar-refractivity contribution in [1.29, 1.82) is 0 Å². The Morgan fingerprint density at radius 1 is 1.29 bits per heavy atom. The van der Waals surface area contributed by atoms with Crippen molar-refractivity contribution in [2.45, 2.75) is 23.5 Å². The lowest BCUT2D eigenvalue weighted by Gasteiger charge is -2.08. The van der Waals surface area contributed by atoms with Crippen LogP contribution in [0.4, 0.5) is 13.2 Å². The second kappa shape index (κ2) is 8.55. The molecule has 0 amide bonds. The van der Waals surface area contributed by atoms with E-state index in [0.717, 1.165) is 17.9 Å². The lowest BCUT2D eigenvalue weighted by Crippen LogP contribution is -2.30. The van der Waals surface area contributed by atoms with Crippen molar-refractivity contribution in [2.75, 3.05) is 17.3 Å². The lowest BCUT2D eigenvalue weighted by molar-refractivity contribution is -0.139. The summed E-state index contributed by atoms with van der Waals surface area (Å²) in [4.78, 5) is 11.1. The smallest absolute Gasteiger partial charge is 0.416 e. The van der Waals surface area contributed by atoms with Gasteiger partial charge in [0.05, 0.1) is 5.56 Å². The summed E-state index contributed by atoms with van der Waals surface area (Å²) in [5, 5.41) is 8.59. The van der Waals surface area contributed by atoms with Crippen LogP contribution in [0.2, 0.25) is 0 Å². The number of carbonyl (C=O) groups is 1. The van der Waals surface area contributed by atoms with E-state index in [2.05, 4.69) is 0 Å². The molecule has 118 valence electrons. The molecular weight excluding hydrogens is 323 g/mol. The predicted molar refractivity (Wildman–Crippen MR) is 79.7 cm³/mol. The minimum atomic E-state index is -4.32. The topological polar surface area (TPSA) is 63.3 Å². The maximum absolute atomic E-state index is 12.5. The van der Waals surface area contributed by atoms with Crippen LogP contribution in [0, 0.1) is 0 Å². The summed E-state index contributed by atoms with van der Waals surface area (Å²) in [6.07, 6.45) is -3.94. The fourth-order valence-electron chi connectivity index (χ4n) is 1.42. The number of carboxylic acids is 1. The van der Waals surface area contributed by atoms with E-state index in [1.807, 2.05) is 0 Å². The van der Waals surface area contributed by atoms with Crippen molar-refractivity contribution >= 4 is 29.5 Å². The molecule has 1 rings (SSSR count). The number of thioether (sulfide) groups is 2. The molecule has 0 aliphatic rings. The zero-order chi connectivity index (χ0) is 15.9. The first-order valence-electron chi connectivity index (χ1n) is 6.17. The second-order valence-electron chi connectivity index (χ2n) is 4.22. The van der Waals surface area contributed by atoms with Crippen LogP contribution < -0.4 is 5.73 Å². The van der Waals surface area contributed by atoms with Gasteiger partial charge in [0.2, 0.25) is 0 Å². The molecule has 0 fully saturated rings. The van der Waals surface area contributed by atoms with E-state index in [0.29, 0.717) is 22.8 Å². The summed E-state index contributed by atoms with van der Waals surface area (Å²) in [7, 11) is 0. The van der Waals surface area contributed by atoms with E-state index in [9.17, 15) is 18.0 Å². The molecule has 21 heavy (non-hydrogen) atoms. The van der Waals surface area contributed by atoms with Crippen molar-refractivity contribution in [3.05, 3.63) is 29.8 Å². The minimum absolute atomic E-state index is 0.383. The molecule has 0 aliphatic heterocycles. The first-order valence-corrected chi connectivity index (χ1v) is 8.31. The molecule has 0 aromatic heterocycles. The highest BCUT2D eigenvalue weighted by atomic mass is 32.2. The maximum Gasteiger partial charge on any atom is 0.416 e. The van der Waals surface area contributed by atoms with Gasteiger partial charge in [-0.1, -0.05) is 6.07 Å². The molecule has 1 unspecified atom stereocenters. The standard InChI is InChI=1S/C13H16F3NO2S2/c14-13(15,16)9-2-1-3-10(8-9)21-7-6-20-5-4-11(17)12(18)19/h1-3,8,11H,4-7,17H2,(H,18,19). The summed E-state index contributed by atoms with van der Waals surface area (Å²) in [5.41, 5.74) is 4.71. The van der Waals surface area contributed by atoms with Crippen LogP contribution in [0.5, 0.6) is 0 Å². The van der Waals surface area contributed by atoms with Crippen molar-refractivity contribution in [3.8, 4) is 0 Å². The van der Waals surface area contributed by atoms with Gasteiger partial charge in [-0.05, 0) is 30.4 Å². The normalized spacial score (nSPS) is 13.1. The van der Waals surface area contributed by atoms with E-state index >= 15 is 0 Å². The molecule has 0 radical (unpaired) electrons. The Hall–Kier alpha value is -0.860. The van der Waals surface area contributed by atoms with Crippen LogP contribution >= 0.6 is 23.5 Å². The third-order valence-corrected chi connectivity index (χ3v) is 4.82. The van der Waals surface area contributed by atoms with Gasteiger partial charge in [0, 0.05) is 16.4 Å². The van der Waals surface area contributed by atoms with Gasteiger partial charge in [-0.15, -0.1) is 11.8 Å². The zero-order valence-corrected chi connectivity index (χ0v) is 12.7. The summed E-state index contributed by atoms with van der Waals surface area (Å²) in [6.45, 7) is 0. The van der Waals surface area contributed by atoms with Gasteiger partial charge in [-0.2, -0.15) is 24.9 Å². The van der Waals surface area contributed by atoms with E-state index < -0.39 is 23.8 Å². The molecule has 8 heteroatoms. The first-order chi connectivity index (χ1) is 9.80. The van der Waals surface area contributed by atoms with Crippen LogP contribution in [-0.4, -0.2) is 34.4 Å². The molecule has 0 spiro atoms. The summed E-state index contributed by atoms with van der Waals surface area (Å²) in [6, 6.07) is 4.37. The molecule has 3 nitrogen and oxygen atoms in total.